The molecular weight excluding hydrogens is 262 g/mol. The van der Waals surface area contributed by atoms with E-state index in [0.29, 0.717) is 16.8 Å². The molecule has 0 amide bonds. The summed E-state index contributed by atoms with van der Waals surface area (Å²) in [5.41, 5.74) is 7.39. The summed E-state index contributed by atoms with van der Waals surface area (Å²) in [5.74, 6) is 0. The summed E-state index contributed by atoms with van der Waals surface area (Å²) in [6.07, 6.45) is 4.81. The zero-order valence-electron chi connectivity index (χ0n) is 11.1. The Balaban J connectivity index is 2.16. The van der Waals surface area contributed by atoms with Crippen molar-refractivity contribution >= 4 is 21.4 Å². The van der Waals surface area contributed by atoms with Crippen molar-refractivity contribution in [3.8, 4) is 0 Å². The number of anilines is 2. The van der Waals surface area contributed by atoms with Crippen LogP contribution in [0.2, 0.25) is 0 Å². The van der Waals surface area contributed by atoms with Crippen molar-refractivity contribution in [3.05, 3.63) is 18.2 Å². The normalized spacial score (nSPS) is 17.8. The van der Waals surface area contributed by atoms with Gasteiger partial charge in [-0.25, -0.2) is 13.6 Å². The SMILES string of the molecule is CCC1(CNc2cc(S(N)(=O)=O)ccc2N)CCC1. The molecule has 6 heteroatoms. The molecule has 1 aromatic carbocycles. The Morgan fingerprint density at radius 1 is 1.37 bits per heavy atom. The van der Waals surface area contributed by atoms with Crippen LogP contribution in [-0.2, 0) is 10.0 Å². The molecule has 19 heavy (non-hydrogen) atoms. The van der Waals surface area contributed by atoms with E-state index in [2.05, 4.69) is 12.2 Å². The van der Waals surface area contributed by atoms with Crippen LogP contribution in [0.15, 0.2) is 23.1 Å². The fraction of sp³-hybridized carbons (Fsp3) is 0.538. The van der Waals surface area contributed by atoms with Gasteiger partial charge < -0.3 is 11.1 Å². The van der Waals surface area contributed by atoms with Gasteiger partial charge in [0.2, 0.25) is 10.0 Å². The maximum absolute atomic E-state index is 11.3. The standard InChI is InChI=1S/C13H21N3O2S/c1-2-13(6-3-7-13)9-16-12-8-10(19(15,17)18)4-5-11(12)14/h4-5,8,16H,2-3,6-7,9,14H2,1H3,(H2,15,17,18). The van der Waals surface area contributed by atoms with Gasteiger partial charge in [0.05, 0.1) is 16.3 Å². The van der Waals surface area contributed by atoms with Crippen LogP contribution in [0.3, 0.4) is 0 Å². The van der Waals surface area contributed by atoms with Crippen LogP contribution in [0, 0.1) is 5.41 Å². The molecule has 1 fully saturated rings. The van der Waals surface area contributed by atoms with Gasteiger partial charge in [-0.15, -0.1) is 0 Å². The Kier molecular flexibility index (Phi) is 3.73. The summed E-state index contributed by atoms with van der Waals surface area (Å²) in [4.78, 5) is 0.0864. The van der Waals surface area contributed by atoms with Gasteiger partial charge in [-0.1, -0.05) is 13.3 Å². The third kappa shape index (κ3) is 3.01. The van der Waals surface area contributed by atoms with Crippen molar-refractivity contribution in [1.29, 1.82) is 0 Å². The smallest absolute Gasteiger partial charge is 0.238 e. The van der Waals surface area contributed by atoms with Gasteiger partial charge in [0.15, 0.2) is 0 Å². The van der Waals surface area contributed by atoms with E-state index in [1.54, 1.807) is 6.07 Å². The highest BCUT2D eigenvalue weighted by Crippen LogP contribution is 2.44. The van der Waals surface area contributed by atoms with Gasteiger partial charge in [-0.05, 0) is 42.9 Å². The van der Waals surface area contributed by atoms with Crippen LogP contribution in [-0.4, -0.2) is 15.0 Å². The molecule has 1 saturated carbocycles. The van der Waals surface area contributed by atoms with Crippen LogP contribution >= 0.6 is 0 Å². The first-order chi connectivity index (χ1) is 8.86. The van der Waals surface area contributed by atoms with Gasteiger partial charge in [-0.2, -0.15) is 0 Å². The molecule has 106 valence electrons. The molecule has 0 spiro atoms. The average molecular weight is 283 g/mol. The number of nitrogens with two attached hydrogens (primary N) is 2. The van der Waals surface area contributed by atoms with E-state index >= 15 is 0 Å². The van der Waals surface area contributed by atoms with Crippen molar-refractivity contribution in [2.24, 2.45) is 10.6 Å². The van der Waals surface area contributed by atoms with Crippen LogP contribution in [0.4, 0.5) is 11.4 Å². The Morgan fingerprint density at radius 2 is 2.05 bits per heavy atom. The third-order valence-corrected chi connectivity index (χ3v) is 5.08. The van der Waals surface area contributed by atoms with Gasteiger partial charge in [0.1, 0.15) is 0 Å². The fourth-order valence-corrected chi connectivity index (χ4v) is 3.02. The van der Waals surface area contributed by atoms with E-state index < -0.39 is 10.0 Å². The zero-order chi connectivity index (χ0) is 14.1. The van der Waals surface area contributed by atoms with Crippen LogP contribution in [0.5, 0.6) is 0 Å². The number of primary sulfonamides is 1. The van der Waals surface area contributed by atoms with E-state index in [1.165, 1.54) is 31.4 Å². The summed E-state index contributed by atoms with van der Waals surface area (Å²) in [7, 11) is -3.69. The molecule has 0 aromatic heterocycles. The van der Waals surface area contributed by atoms with Crippen LogP contribution in [0.1, 0.15) is 32.6 Å². The lowest BCUT2D eigenvalue weighted by atomic mass is 9.67. The lowest BCUT2D eigenvalue weighted by Crippen LogP contribution is -2.36. The minimum atomic E-state index is -3.69. The van der Waals surface area contributed by atoms with Gasteiger partial charge >= 0.3 is 0 Å². The summed E-state index contributed by atoms with van der Waals surface area (Å²) in [5, 5.41) is 8.40. The minimum Gasteiger partial charge on any atom is -0.397 e. The second-order valence-corrected chi connectivity index (χ2v) is 6.92. The van der Waals surface area contributed by atoms with E-state index in [1.807, 2.05) is 0 Å². The summed E-state index contributed by atoms with van der Waals surface area (Å²) >= 11 is 0. The quantitative estimate of drug-likeness (QED) is 0.719. The first-order valence-corrected chi connectivity index (χ1v) is 8.07. The lowest BCUT2D eigenvalue weighted by molar-refractivity contribution is 0.145. The number of benzene rings is 1. The maximum Gasteiger partial charge on any atom is 0.238 e. The van der Waals surface area contributed by atoms with Gasteiger partial charge in [0.25, 0.3) is 0 Å². The monoisotopic (exact) mass is 283 g/mol. The highest BCUT2D eigenvalue weighted by molar-refractivity contribution is 7.89. The third-order valence-electron chi connectivity index (χ3n) is 4.17. The Labute approximate surface area is 114 Å². The van der Waals surface area contributed by atoms with Gasteiger partial charge in [-0.3, -0.25) is 0 Å². The number of nitrogens with one attached hydrogen (secondary N) is 1. The molecule has 0 unspecified atom stereocenters. The largest absolute Gasteiger partial charge is 0.397 e. The van der Waals surface area contributed by atoms with Crippen molar-refractivity contribution in [3.63, 3.8) is 0 Å². The van der Waals surface area contributed by atoms with E-state index in [9.17, 15) is 8.42 Å². The predicted molar refractivity (Wildman–Crippen MR) is 77.3 cm³/mol. The molecule has 5 nitrogen and oxygen atoms in total. The Bertz CT molecular complexity index is 560. The number of hydrogen-bond acceptors (Lipinski definition) is 4. The van der Waals surface area contributed by atoms with E-state index in [4.69, 9.17) is 10.9 Å². The van der Waals surface area contributed by atoms with E-state index in [0.717, 1.165) is 13.0 Å². The van der Waals surface area contributed by atoms with Crippen LogP contribution in [0.25, 0.3) is 0 Å². The average Bonchev–Trinajstić information content (AvgIpc) is 2.29. The fourth-order valence-electron chi connectivity index (χ4n) is 2.48. The van der Waals surface area contributed by atoms with Crippen molar-refractivity contribution < 1.29 is 8.42 Å². The number of rotatable bonds is 5. The van der Waals surface area contributed by atoms with Crippen molar-refractivity contribution in [1.82, 2.24) is 0 Å². The predicted octanol–water partition coefficient (Wildman–Crippen LogP) is 1.91. The molecule has 1 aliphatic rings. The number of sulfonamides is 1. The second kappa shape index (κ2) is 5.02. The van der Waals surface area contributed by atoms with Crippen LogP contribution < -0.4 is 16.2 Å². The summed E-state index contributed by atoms with van der Waals surface area (Å²) < 4.78 is 22.7. The summed E-state index contributed by atoms with van der Waals surface area (Å²) in [6, 6.07) is 4.50. The van der Waals surface area contributed by atoms with Gasteiger partial charge in [0, 0.05) is 6.54 Å². The van der Waals surface area contributed by atoms with E-state index in [-0.39, 0.29) is 4.90 Å². The molecule has 0 aliphatic heterocycles. The molecule has 2 rings (SSSR count). The molecule has 5 N–H and O–H groups in total. The highest BCUT2D eigenvalue weighted by Gasteiger charge is 2.34. The molecule has 0 radical (unpaired) electrons. The Hall–Kier alpha value is -1.27. The highest BCUT2D eigenvalue weighted by atomic mass is 32.2. The lowest BCUT2D eigenvalue weighted by Gasteiger charge is -2.41. The topological polar surface area (TPSA) is 98.2 Å². The summed E-state index contributed by atoms with van der Waals surface area (Å²) in [6.45, 7) is 3.01. The molecule has 1 aliphatic carbocycles. The molecule has 0 atom stereocenters. The maximum atomic E-state index is 11.3. The first-order valence-electron chi connectivity index (χ1n) is 6.52. The molecule has 0 saturated heterocycles. The molecule has 1 aromatic rings. The molecule has 0 heterocycles. The second-order valence-electron chi connectivity index (χ2n) is 5.35. The zero-order valence-corrected chi connectivity index (χ0v) is 12.0. The first kappa shape index (κ1) is 14.1. The minimum absolute atomic E-state index is 0.0864. The molecular formula is C13H21N3O2S. The number of nitrogen functional groups attached to an aromatic ring is 1. The van der Waals surface area contributed by atoms with Crippen molar-refractivity contribution in [2.75, 3.05) is 17.6 Å². The van der Waals surface area contributed by atoms with Crippen molar-refractivity contribution in [2.45, 2.75) is 37.5 Å². The molecule has 0 bridgehead atoms. The number of hydrogen-bond donors (Lipinski definition) is 3. The Morgan fingerprint density at radius 3 is 2.53 bits per heavy atom.